The first-order chi connectivity index (χ1) is 24.0. The van der Waals surface area contributed by atoms with Crippen molar-refractivity contribution in [3.8, 4) is 0 Å². The van der Waals surface area contributed by atoms with E-state index in [0.717, 1.165) is 36.8 Å². The van der Waals surface area contributed by atoms with Crippen molar-refractivity contribution in [2.75, 3.05) is 39.5 Å². The molecule has 0 aromatic rings. The largest absolute Gasteiger partial charge is 0.445 e. The molecule has 1 amide bonds. The molecule has 5 nitrogen and oxygen atoms in total. The van der Waals surface area contributed by atoms with E-state index >= 15 is 0 Å². The lowest BCUT2D eigenvalue weighted by Crippen LogP contribution is -2.41. The average molecular weight is 682 g/mol. The monoisotopic (exact) mass is 681 g/mol. The smallest absolute Gasteiger partial charge is 0.410 e. The fraction of sp³-hybridized carbons (Fsp3) is 0.400. The number of hydrogen-bond acceptors (Lipinski definition) is 4. The van der Waals surface area contributed by atoms with Gasteiger partial charge in [-0.2, -0.15) is 0 Å². The van der Waals surface area contributed by atoms with Crippen molar-refractivity contribution >= 4 is 6.09 Å². The number of ether oxygens (including phenoxy) is 2. The van der Waals surface area contributed by atoms with Gasteiger partial charge in [-0.1, -0.05) is 148 Å². The van der Waals surface area contributed by atoms with Crippen LogP contribution < -0.4 is 0 Å². The second-order valence-electron chi connectivity index (χ2n) is 13.0. The van der Waals surface area contributed by atoms with E-state index in [1.807, 2.05) is 13.8 Å². The van der Waals surface area contributed by atoms with E-state index in [-0.39, 0.29) is 12.7 Å². The van der Waals surface area contributed by atoms with Crippen LogP contribution in [0, 0.1) is 0 Å². The molecule has 5 heteroatoms. The quantitative estimate of drug-likeness (QED) is 0.109. The third-order valence-corrected chi connectivity index (χ3v) is 7.75. The zero-order chi connectivity index (χ0) is 37.0. The van der Waals surface area contributed by atoms with Gasteiger partial charge in [0.15, 0.2) is 0 Å². The molecule has 1 fully saturated rings. The summed E-state index contributed by atoms with van der Waals surface area (Å²) in [7, 11) is 0. The molecule has 1 N–H and O–H groups in total. The van der Waals surface area contributed by atoms with Gasteiger partial charge >= 0.3 is 6.09 Å². The van der Waals surface area contributed by atoms with E-state index in [1.165, 1.54) is 33.4 Å². The lowest BCUT2D eigenvalue weighted by atomic mass is 10.1. The molecule has 0 radical (unpaired) electrons. The molecule has 1 rings (SSSR count). The predicted octanol–water partition coefficient (Wildman–Crippen LogP) is 11.4. The molecule has 0 saturated carbocycles. The summed E-state index contributed by atoms with van der Waals surface area (Å²) >= 11 is 0. The van der Waals surface area contributed by atoms with Gasteiger partial charge in [-0.3, -0.25) is 0 Å². The molecular weight excluding hydrogens is 618 g/mol. The Kier molecular flexibility index (Phi) is 24.2. The molecule has 0 aliphatic carbocycles. The Bertz CT molecular complexity index is 1440. The third kappa shape index (κ3) is 24.0. The Morgan fingerprint density at radius 2 is 0.980 bits per heavy atom. The van der Waals surface area contributed by atoms with Crippen molar-refractivity contribution in [1.29, 1.82) is 0 Å². The summed E-state index contributed by atoms with van der Waals surface area (Å²) < 4.78 is 10.7. The van der Waals surface area contributed by atoms with Crippen molar-refractivity contribution < 1.29 is 19.4 Å². The Morgan fingerprint density at radius 1 is 0.580 bits per heavy atom. The van der Waals surface area contributed by atoms with Crippen molar-refractivity contribution in [3.05, 3.63) is 154 Å². The number of carbonyl (C=O) groups is 1. The molecule has 0 aromatic carbocycles. The number of rotatable bonds is 19. The van der Waals surface area contributed by atoms with Gasteiger partial charge in [0, 0.05) is 13.1 Å². The highest BCUT2D eigenvalue weighted by Crippen LogP contribution is 2.10. The van der Waals surface area contributed by atoms with Gasteiger partial charge in [0.25, 0.3) is 0 Å². The summed E-state index contributed by atoms with van der Waals surface area (Å²) in [5, 5.41) is 9.07. The minimum absolute atomic E-state index is 0.137. The van der Waals surface area contributed by atoms with Gasteiger partial charge in [0.2, 0.25) is 0 Å². The minimum Gasteiger partial charge on any atom is -0.445 e. The number of aliphatic hydroxyl groups excluding tert-OH is 1. The number of allylic oxidation sites excluding steroid dienone is 24. The summed E-state index contributed by atoms with van der Waals surface area (Å²) in [4.78, 5) is 13.8. The van der Waals surface area contributed by atoms with Crippen molar-refractivity contribution in [1.82, 2.24) is 4.90 Å². The first-order valence-electron chi connectivity index (χ1n) is 17.8. The lowest BCUT2D eigenvalue weighted by Gasteiger charge is -2.26. The van der Waals surface area contributed by atoms with Gasteiger partial charge in [0.05, 0.1) is 19.8 Å². The number of carbonyl (C=O) groups excluding carboxylic acids is 1. The highest BCUT2D eigenvalue weighted by atomic mass is 16.6. The van der Waals surface area contributed by atoms with E-state index < -0.39 is 0 Å². The van der Waals surface area contributed by atoms with Crippen LogP contribution in [0.1, 0.15) is 81.1 Å². The molecule has 0 unspecified atom stereocenters. The van der Waals surface area contributed by atoms with Crippen LogP contribution in [0.2, 0.25) is 0 Å². The maximum absolute atomic E-state index is 12.1. The topological polar surface area (TPSA) is 59.0 Å². The van der Waals surface area contributed by atoms with Gasteiger partial charge in [-0.05, 0) is 86.6 Å². The highest BCUT2D eigenvalue weighted by molar-refractivity contribution is 5.67. The van der Waals surface area contributed by atoms with Crippen molar-refractivity contribution in [3.63, 3.8) is 0 Å². The van der Waals surface area contributed by atoms with Crippen LogP contribution in [0.15, 0.2) is 154 Å². The summed E-state index contributed by atoms with van der Waals surface area (Å²) in [6.07, 6.45) is 41.5. The van der Waals surface area contributed by atoms with Gasteiger partial charge in [0.1, 0.15) is 6.61 Å². The maximum atomic E-state index is 12.1. The molecule has 0 spiro atoms. The molecule has 50 heavy (non-hydrogen) atoms. The number of nitrogens with zero attached hydrogens (tertiary/aromatic N) is 1. The molecular formula is C45H63NO4. The van der Waals surface area contributed by atoms with Crippen LogP contribution in [0.4, 0.5) is 4.79 Å². The fourth-order valence-corrected chi connectivity index (χ4v) is 4.46. The zero-order valence-electron chi connectivity index (χ0n) is 32.1. The van der Waals surface area contributed by atoms with Crippen molar-refractivity contribution in [2.24, 2.45) is 0 Å². The Morgan fingerprint density at radius 3 is 1.42 bits per heavy atom. The second kappa shape index (κ2) is 27.6. The Labute approximate surface area is 304 Å². The van der Waals surface area contributed by atoms with Gasteiger partial charge in [-0.25, -0.2) is 4.79 Å². The van der Waals surface area contributed by atoms with Crippen LogP contribution in [-0.2, 0) is 9.47 Å². The summed E-state index contributed by atoms with van der Waals surface area (Å²) in [5.74, 6) is 0. The second-order valence-corrected chi connectivity index (χ2v) is 13.0. The maximum Gasteiger partial charge on any atom is 0.410 e. The molecule has 1 heterocycles. The van der Waals surface area contributed by atoms with Gasteiger partial charge in [-0.15, -0.1) is 0 Å². The fourth-order valence-electron chi connectivity index (χ4n) is 4.46. The number of hydrogen-bond donors (Lipinski definition) is 1. The molecule has 1 aliphatic heterocycles. The lowest BCUT2D eigenvalue weighted by molar-refractivity contribution is 0.0295. The summed E-state index contributed by atoms with van der Waals surface area (Å²) in [6, 6.07) is 0. The first kappa shape index (κ1) is 43.8. The van der Waals surface area contributed by atoms with Gasteiger partial charge < -0.3 is 19.5 Å². The van der Waals surface area contributed by atoms with E-state index in [1.54, 1.807) is 4.90 Å². The summed E-state index contributed by atoms with van der Waals surface area (Å²) in [5.41, 5.74) is 9.46. The number of morpholine rings is 1. The summed E-state index contributed by atoms with van der Waals surface area (Å²) in [6.45, 7) is 19.4. The molecule has 0 atom stereocenters. The molecule has 1 saturated heterocycles. The molecule has 0 aromatic heterocycles. The predicted molar refractivity (Wildman–Crippen MR) is 215 cm³/mol. The van der Waals surface area contributed by atoms with Crippen LogP contribution in [0.3, 0.4) is 0 Å². The van der Waals surface area contributed by atoms with E-state index in [9.17, 15) is 4.79 Å². The zero-order valence-corrected chi connectivity index (χ0v) is 32.1. The van der Waals surface area contributed by atoms with Crippen molar-refractivity contribution in [2.45, 2.75) is 81.1 Å². The standard InChI is InChI=1S/C45H63NO4/c1-37(19-11-21-39(3)23-13-25-41(5)27-15-29-43(7)35-47)17-9-10-18-38(2)20-12-22-40(4)24-14-26-42(6)28-16-30-44(8)36-50-45(48)46-31-33-49-34-32-46/h9-14,17-26,29-30,47H,15-16,27-28,31-36H2,1-8H3. The SMILES string of the molecule is CC(C=CC=C(C)C=CC=C(C)CCC=C(C)CO)=CC=CC=C(C)C=CC=C(C)C=CC=C(C)CCC=C(C)COC(=O)N1CCOCC1. The van der Waals surface area contributed by atoms with E-state index in [4.69, 9.17) is 14.6 Å². The minimum atomic E-state index is -0.259. The number of aliphatic hydroxyl groups is 1. The molecule has 1 aliphatic rings. The van der Waals surface area contributed by atoms with Crippen LogP contribution in [-0.4, -0.2) is 55.6 Å². The van der Waals surface area contributed by atoms with E-state index in [2.05, 4.69) is 151 Å². The van der Waals surface area contributed by atoms with Crippen LogP contribution >= 0.6 is 0 Å². The number of amides is 1. The van der Waals surface area contributed by atoms with E-state index in [0.29, 0.717) is 32.9 Å². The molecule has 0 bridgehead atoms. The first-order valence-corrected chi connectivity index (χ1v) is 17.8. The van der Waals surface area contributed by atoms with Crippen LogP contribution in [0.25, 0.3) is 0 Å². The Hall–Kier alpha value is -4.19. The highest BCUT2D eigenvalue weighted by Gasteiger charge is 2.17. The molecule has 272 valence electrons. The average Bonchev–Trinajstić information content (AvgIpc) is 3.09. The Balaban J connectivity index is 2.43. The normalized spacial score (nSPS) is 17.2. The third-order valence-electron chi connectivity index (χ3n) is 7.75. The van der Waals surface area contributed by atoms with Crippen LogP contribution in [0.5, 0.6) is 0 Å².